The van der Waals surface area contributed by atoms with Crippen molar-refractivity contribution in [3.05, 3.63) is 11.6 Å². The Morgan fingerprint density at radius 3 is 1.82 bits per heavy atom. The van der Waals surface area contributed by atoms with Crippen LogP contribution in [0.25, 0.3) is 0 Å². The third-order valence-electron chi connectivity index (χ3n) is 5.24. The van der Waals surface area contributed by atoms with Gasteiger partial charge < -0.3 is 0 Å². The highest BCUT2D eigenvalue weighted by Crippen LogP contribution is 2.22. The second-order valence-corrected chi connectivity index (χ2v) is 7.45. The lowest BCUT2D eigenvalue weighted by molar-refractivity contribution is 0.540. The van der Waals surface area contributed by atoms with Gasteiger partial charge in [0.05, 0.1) is 0 Å². The summed E-state index contributed by atoms with van der Waals surface area (Å²) >= 11 is 0. The summed E-state index contributed by atoms with van der Waals surface area (Å²) in [7, 11) is 0. The van der Waals surface area contributed by atoms with E-state index >= 15 is 0 Å². The van der Waals surface area contributed by atoms with Crippen molar-refractivity contribution in [2.75, 3.05) is 0 Å². The zero-order chi connectivity index (χ0) is 15.7. The quantitative estimate of drug-likeness (QED) is 0.237. The summed E-state index contributed by atoms with van der Waals surface area (Å²) in [5, 5.41) is 0. The molecule has 0 aromatic carbocycles. The van der Waals surface area contributed by atoms with Gasteiger partial charge in [-0.25, -0.2) is 0 Å². The number of allylic oxidation sites excluding steroid dienone is 2. The van der Waals surface area contributed by atoms with Crippen molar-refractivity contribution in [2.24, 2.45) is 0 Å². The summed E-state index contributed by atoms with van der Waals surface area (Å²) in [5.74, 6) is 0. The first-order chi connectivity index (χ1) is 10.9. The molecular formula is C22H42. The molecule has 1 aliphatic rings. The third-order valence-corrected chi connectivity index (χ3v) is 5.24. The van der Waals surface area contributed by atoms with Gasteiger partial charge in [0.15, 0.2) is 0 Å². The van der Waals surface area contributed by atoms with E-state index < -0.39 is 0 Å². The predicted molar refractivity (Wildman–Crippen MR) is 101 cm³/mol. The first kappa shape index (κ1) is 19.8. The minimum absolute atomic E-state index is 1.35. The first-order valence-corrected chi connectivity index (χ1v) is 10.6. The molecule has 0 aliphatic heterocycles. The molecule has 0 saturated heterocycles. The third kappa shape index (κ3) is 12.3. The van der Waals surface area contributed by atoms with Crippen molar-refractivity contribution in [2.45, 2.75) is 129 Å². The standard InChI is InChI=1S/C22H42/c1-2-3-4-5-6-7-8-9-10-11-13-16-19-22-20-17-14-12-15-18-21-22/h20H,2-19,21H2,1H3/b22-20-. The average molecular weight is 307 g/mol. The number of rotatable bonds is 13. The van der Waals surface area contributed by atoms with Crippen LogP contribution in [-0.2, 0) is 0 Å². The van der Waals surface area contributed by atoms with Gasteiger partial charge in [0.1, 0.15) is 0 Å². The molecule has 0 aromatic heterocycles. The Labute approximate surface area is 141 Å². The minimum atomic E-state index is 1.35. The summed E-state index contributed by atoms with van der Waals surface area (Å²) < 4.78 is 0. The van der Waals surface area contributed by atoms with Crippen LogP contribution in [0.4, 0.5) is 0 Å². The van der Waals surface area contributed by atoms with E-state index in [1.807, 2.05) is 0 Å². The van der Waals surface area contributed by atoms with Crippen molar-refractivity contribution in [3.8, 4) is 0 Å². The maximum atomic E-state index is 2.57. The van der Waals surface area contributed by atoms with Crippen LogP contribution in [0, 0.1) is 0 Å². The fourth-order valence-corrected chi connectivity index (χ4v) is 3.68. The zero-order valence-electron chi connectivity index (χ0n) is 15.5. The molecule has 0 N–H and O–H groups in total. The maximum Gasteiger partial charge on any atom is -0.0320 e. The van der Waals surface area contributed by atoms with Gasteiger partial charge in [0.2, 0.25) is 0 Å². The molecule has 130 valence electrons. The Hall–Kier alpha value is -0.260. The lowest BCUT2D eigenvalue weighted by Crippen LogP contribution is -1.91. The molecule has 0 atom stereocenters. The highest BCUT2D eigenvalue weighted by molar-refractivity contribution is 5.02. The Bertz CT molecular complexity index is 251. The van der Waals surface area contributed by atoms with E-state index in [0.717, 1.165) is 0 Å². The van der Waals surface area contributed by atoms with Crippen LogP contribution in [0.5, 0.6) is 0 Å². The maximum absolute atomic E-state index is 2.57. The average Bonchev–Trinajstić information content (AvgIpc) is 2.50. The van der Waals surface area contributed by atoms with Gasteiger partial charge in [-0.1, -0.05) is 102 Å². The van der Waals surface area contributed by atoms with Gasteiger partial charge >= 0.3 is 0 Å². The SMILES string of the molecule is CCCCCCCCCCCCCC/C1=C/CCCCCC1. The molecule has 0 spiro atoms. The van der Waals surface area contributed by atoms with E-state index in [9.17, 15) is 0 Å². The molecule has 0 bridgehead atoms. The van der Waals surface area contributed by atoms with Crippen molar-refractivity contribution in [1.29, 1.82) is 0 Å². The number of hydrogen-bond donors (Lipinski definition) is 0. The van der Waals surface area contributed by atoms with E-state index in [1.54, 1.807) is 5.57 Å². The van der Waals surface area contributed by atoms with Crippen LogP contribution in [-0.4, -0.2) is 0 Å². The van der Waals surface area contributed by atoms with E-state index in [2.05, 4.69) is 13.0 Å². The highest BCUT2D eigenvalue weighted by atomic mass is 14.1. The summed E-state index contributed by atoms with van der Waals surface area (Å²) in [6.07, 6.45) is 30.1. The van der Waals surface area contributed by atoms with Gasteiger partial charge in [0.25, 0.3) is 0 Å². The van der Waals surface area contributed by atoms with Crippen molar-refractivity contribution in [1.82, 2.24) is 0 Å². The normalized spacial score (nSPS) is 18.5. The van der Waals surface area contributed by atoms with Gasteiger partial charge in [-0.2, -0.15) is 0 Å². The van der Waals surface area contributed by atoms with Gasteiger partial charge in [-0.05, 0) is 38.5 Å². The molecule has 0 saturated carbocycles. The van der Waals surface area contributed by atoms with Crippen LogP contribution in [0.1, 0.15) is 129 Å². The van der Waals surface area contributed by atoms with E-state index in [4.69, 9.17) is 0 Å². The summed E-state index contributed by atoms with van der Waals surface area (Å²) in [6, 6.07) is 0. The summed E-state index contributed by atoms with van der Waals surface area (Å²) in [6.45, 7) is 2.30. The van der Waals surface area contributed by atoms with Gasteiger partial charge in [0, 0.05) is 0 Å². The molecular weight excluding hydrogens is 264 g/mol. The van der Waals surface area contributed by atoms with Crippen LogP contribution in [0.15, 0.2) is 11.6 Å². The molecule has 0 fully saturated rings. The second-order valence-electron chi connectivity index (χ2n) is 7.45. The van der Waals surface area contributed by atoms with Crippen LogP contribution >= 0.6 is 0 Å². The van der Waals surface area contributed by atoms with Crippen molar-refractivity contribution >= 4 is 0 Å². The lowest BCUT2D eigenvalue weighted by Gasteiger charge is -2.11. The topological polar surface area (TPSA) is 0 Å². The molecule has 0 nitrogen and oxygen atoms in total. The molecule has 0 amide bonds. The second kappa shape index (κ2) is 15.6. The van der Waals surface area contributed by atoms with Crippen molar-refractivity contribution in [3.63, 3.8) is 0 Å². The molecule has 1 aliphatic carbocycles. The monoisotopic (exact) mass is 306 g/mol. The minimum Gasteiger partial charge on any atom is -0.0853 e. The van der Waals surface area contributed by atoms with Gasteiger partial charge in [-0.15, -0.1) is 0 Å². The molecule has 0 heteroatoms. The highest BCUT2D eigenvalue weighted by Gasteiger charge is 2.02. The molecule has 0 unspecified atom stereocenters. The smallest absolute Gasteiger partial charge is 0.0320 e. The van der Waals surface area contributed by atoms with E-state index in [-0.39, 0.29) is 0 Å². The van der Waals surface area contributed by atoms with Crippen molar-refractivity contribution < 1.29 is 0 Å². The molecule has 0 radical (unpaired) electrons. The van der Waals surface area contributed by atoms with Gasteiger partial charge in [-0.3, -0.25) is 0 Å². The first-order valence-electron chi connectivity index (χ1n) is 10.6. The molecule has 0 aromatic rings. The Morgan fingerprint density at radius 2 is 1.18 bits per heavy atom. The van der Waals surface area contributed by atoms with E-state index in [0.29, 0.717) is 0 Å². The number of unbranched alkanes of at least 4 members (excludes halogenated alkanes) is 11. The number of hydrogen-bond acceptors (Lipinski definition) is 0. The lowest BCUT2D eigenvalue weighted by atomic mass is 9.96. The molecule has 0 heterocycles. The predicted octanol–water partition coefficient (Wildman–Crippen LogP) is 8.36. The largest absolute Gasteiger partial charge is 0.0853 e. The van der Waals surface area contributed by atoms with Crippen LogP contribution in [0.2, 0.25) is 0 Å². The molecule has 1 rings (SSSR count). The summed E-state index contributed by atoms with van der Waals surface area (Å²) in [5.41, 5.74) is 1.78. The van der Waals surface area contributed by atoms with E-state index in [1.165, 1.54) is 122 Å². The van der Waals surface area contributed by atoms with Crippen LogP contribution in [0.3, 0.4) is 0 Å². The Balaban J connectivity index is 1.81. The fraction of sp³-hybridized carbons (Fsp3) is 0.909. The Morgan fingerprint density at radius 1 is 0.636 bits per heavy atom. The zero-order valence-corrected chi connectivity index (χ0v) is 15.5. The molecule has 22 heavy (non-hydrogen) atoms. The fourth-order valence-electron chi connectivity index (χ4n) is 3.68. The van der Waals surface area contributed by atoms with Crippen LogP contribution < -0.4 is 0 Å². The summed E-state index contributed by atoms with van der Waals surface area (Å²) in [4.78, 5) is 0. The Kier molecular flexibility index (Phi) is 14.1.